The van der Waals surface area contributed by atoms with Crippen LogP contribution in [0.15, 0.2) is 40.9 Å². The summed E-state index contributed by atoms with van der Waals surface area (Å²) in [4.78, 5) is 11.8. The van der Waals surface area contributed by atoms with Gasteiger partial charge in [0.05, 0.1) is 5.56 Å². The number of halogens is 3. The molecule has 3 nitrogen and oxygen atoms in total. The van der Waals surface area contributed by atoms with Crippen LogP contribution in [0, 0.1) is 11.6 Å². The number of carbonyl (C=O) groups excluding carboxylic acids is 1. The van der Waals surface area contributed by atoms with Crippen LogP contribution in [0.1, 0.15) is 15.9 Å². The van der Waals surface area contributed by atoms with Crippen molar-refractivity contribution in [3.05, 3.63) is 63.6 Å². The maximum atomic E-state index is 13.0. The zero-order valence-corrected chi connectivity index (χ0v) is 11.8. The predicted molar refractivity (Wildman–Crippen MR) is 74.0 cm³/mol. The van der Waals surface area contributed by atoms with Crippen LogP contribution >= 0.6 is 15.9 Å². The molecule has 0 atom stereocenters. The van der Waals surface area contributed by atoms with Gasteiger partial charge in [0.25, 0.3) is 0 Å². The molecule has 2 rings (SSSR count). The molecule has 0 saturated heterocycles. The van der Waals surface area contributed by atoms with Crippen LogP contribution in [0.2, 0.25) is 0 Å². The summed E-state index contributed by atoms with van der Waals surface area (Å²) in [5.74, 6) is -2.52. The van der Waals surface area contributed by atoms with Gasteiger partial charge in [0.2, 0.25) is 0 Å². The predicted octanol–water partition coefficient (Wildman–Crippen LogP) is 3.67. The lowest BCUT2D eigenvalue weighted by atomic mass is 10.2. The molecule has 0 aromatic heterocycles. The first-order valence-electron chi connectivity index (χ1n) is 5.63. The monoisotopic (exact) mass is 341 g/mol. The maximum Gasteiger partial charge on any atom is 0.338 e. The highest BCUT2D eigenvalue weighted by molar-refractivity contribution is 9.10. The average molecular weight is 342 g/mol. The lowest BCUT2D eigenvalue weighted by Crippen LogP contribution is -2.06. The molecule has 0 bridgehead atoms. The number of anilines is 1. The van der Waals surface area contributed by atoms with Gasteiger partial charge in [0.15, 0.2) is 11.6 Å². The van der Waals surface area contributed by atoms with Gasteiger partial charge in [-0.25, -0.2) is 13.6 Å². The topological polar surface area (TPSA) is 52.3 Å². The van der Waals surface area contributed by atoms with Crippen LogP contribution < -0.4 is 5.73 Å². The maximum absolute atomic E-state index is 13.0. The van der Waals surface area contributed by atoms with E-state index in [0.717, 1.165) is 12.1 Å². The minimum Gasteiger partial charge on any atom is -0.457 e. The smallest absolute Gasteiger partial charge is 0.338 e. The molecule has 0 spiro atoms. The summed E-state index contributed by atoms with van der Waals surface area (Å²) in [7, 11) is 0. The second-order valence-electron chi connectivity index (χ2n) is 4.10. The summed E-state index contributed by atoms with van der Waals surface area (Å²) < 4.78 is 31.4. The molecule has 2 N–H and O–H groups in total. The molecule has 0 fully saturated rings. The van der Waals surface area contributed by atoms with Crippen molar-refractivity contribution >= 4 is 27.6 Å². The van der Waals surface area contributed by atoms with Crippen LogP contribution in [0.5, 0.6) is 0 Å². The third kappa shape index (κ3) is 3.54. The van der Waals surface area contributed by atoms with Gasteiger partial charge in [-0.05, 0) is 35.9 Å². The molecule has 0 radical (unpaired) electrons. The van der Waals surface area contributed by atoms with Crippen molar-refractivity contribution < 1.29 is 18.3 Å². The van der Waals surface area contributed by atoms with Crippen LogP contribution in [-0.2, 0) is 11.3 Å². The second-order valence-corrected chi connectivity index (χ2v) is 5.01. The van der Waals surface area contributed by atoms with Gasteiger partial charge in [0, 0.05) is 10.2 Å². The van der Waals surface area contributed by atoms with Gasteiger partial charge in [0.1, 0.15) is 6.61 Å². The van der Waals surface area contributed by atoms with Gasteiger partial charge < -0.3 is 10.5 Å². The molecule has 0 unspecified atom stereocenters. The molecule has 0 heterocycles. The van der Waals surface area contributed by atoms with Gasteiger partial charge in [-0.3, -0.25) is 0 Å². The minimum absolute atomic E-state index is 0.150. The summed E-state index contributed by atoms with van der Waals surface area (Å²) in [5, 5.41) is 0. The summed E-state index contributed by atoms with van der Waals surface area (Å²) in [6.07, 6.45) is 0. The Balaban J connectivity index is 2.06. The van der Waals surface area contributed by atoms with Gasteiger partial charge in [-0.1, -0.05) is 22.0 Å². The number of carbonyl (C=O) groups is 1. The van der Waals surface area contributed by atoms with Crippen molar-refractivity contribution in [3.8, 4) is 0 Å². The number of ether oxygens (including phenoxy) is 1. The van der Waals surface area contributed by atoms with E-state index >= 15 is 0 Å². The summed E-state index contributed by atoms with van der Waals surface area (Å²) >= 11 is 3.22. The van der Waals surface area contributed by atoms with E-state index in [1.54, 1.807) is 12.1 Å². The number of hydrogen-bond acceptors (Lipinski definition) is 3. The lowest BCUT2D eigenvalue weighted by Gasteiger charge is -2.06. The summed E-state index contributed by atoms with van der Waals surface area (Å²) in [6.45, 7) is -0.150. The first-order chi connectivity index (χ1) is 9.45. The van der Waals surface area contributed by atoms with Gasteiger partial charge >= 0.3 is 5.97 Å². The highest BCUT2D eigenvalue weighted by Gasteiger charge is 2.10. The van der Waals surface area contributed by atoms with Crippen molar-refractivity contribution in [3.63, 3.8) is 0 Å². The average Bonchev–Trinajstić information content (AvgIpc) is 2.38. The Labute approximate surface area is 122 Å². The molecule has 2 aromatic carbocycles. The second kappa shape index (κ2) is 6.00. The molecule has 2 aromatic rings. The van der Waals surface area contributed by atoms with E-state index in [9.17, 15) is 13.6 Å². The van der Waals surface area contributed by atoms with E-state index in [4.69, 9.17) is 10.5 Å². The van der Waals surface area contributed by atoms with Gasteiger partial charge in [-0.2, -0.15) is 0 Å². The Morgan fingerprint density at radius 3 is 2.55 bits per heavy atom. The number of nitrogens with two attached hydrogens (primary N) is 1. The third-order valence-electron chi connectivity index (χ3n) is 2.51. The molecule has 104 valence electrons. The molecule has 20 heavy (non-hydrogen) atoms. The van der Waals surface area contributed by atoms with Crippen LogP contribution in [0.3, 0.4) is 0 Å². The molecule has 0 saturated carbocycles. The molecule has 0 amide bonds. The lowest BCUT2D eigenvalue weighted by molar-refractivity contribution is 0.0472. The molecule has 6 heteroatoms. The fourth-order valence-electron chi connectivity index (χ4n) is 1.59. The quantitative estimate of drug-likeness (QED) is 0.684. The third-order valence-corrected chi connectivity index (χ3v) is 2.97. The van der Waals surface area contributed by atoms with Crippen LogP contribution in [-0.4, -0.2) is 5.97 Å². The molecular formula is C14H10BrF2NO2. The fourth-order valence-corrected chi connectivity index (χ4v) is 2.10. The van der Waals surface area contributed by atoms with E-state index in [1.807, 2.05) is 0 Å². The van der Waals surface area contributed by atoms with Crippen molar-refractivity contribution in [2.75, 3.05) is 5.73 Å². The Kier molecular flexibility index (Phi) is 4.34. The summed E-state index contributed by atoms with van der Waals surface area (Å²) in [5.41, 5.74) is 6.67. The normalized spacial score (nSPS) is 10.3. The number of rotatable bonds is 3. The first kappa shape index (κ1) is 14.5. The Morgan fingerprint density at radius 2 is 1.90 bits per heavy atom. The Bertz CT molecular complexity index is 641. The molecule has 0 aliphatic carbocycles. The zero-order chi connectivity index (χ0) is 14.7. The largest absolute Gasteiger partial charge is 0.457 e. The number of hydrogen-bond donors (Lipinski definition) is 1. The van der Waals surface area contributed by atoms with Crippen molar-refractivity contribution in [1.82, 2.24) is 0 Å². The number of nitrogen functional groups attached to an aromatic ring is 1. The van der Waals surface area contributed by atoms with Crippen LogP contribution in [0.4, 0.5) is 14.5 Å². The van der Waals surface area contributed by atoms with Crippen LogP contribution in [0.25, 0.3) is 0 Å². The van der Waals surface area contributed by atoms with Crippen molar-refractivity contribution in [1.29, 1.82) is 0 Å². The van der Waals surface area contributed by atoms with E-state index in [2.05, 4.69) is 15.9 Å². The standard InChI is InChI=1S/C14H10BrF2NO2/c15-10-4-9(5-11(18)6-10)14(19)20-7-8-1-2-12(16)13(17)3-8/h1-6H,7,18H2. The zero-order valence-electron chi connectivity index (χ0n) is 10.2. The molecule has 0 aliphatic heterocycles. The van der Waals surface area contributed by atoms with Gasteiger partial charge in [-0.15, -0.1) is 0 Å². The highest BCUT2D eigenvalue weighted by atomic mass is 79.9. The Hall–Kier alpha value is -1.95. The minimum atomic E-state index is -0.981. The molecular weight excluding hydrogens is 332 g/mol. The fraction of sp³-hybridized carbons (Fsp3) is 0.0714. The highest BCUT2D eigenvalue weighted by Crippen LogP contribution is 2.18. The van der Waals surface area contributed by atoms with Crippen molar-refractivity contribution in [2.24, 2.45) is 0 Å². The number of esters is 1. The van der Waals surface area contributed by atoms with Crippen molar-refractivity contribution in [2.45, 2.75) is 6.61 Å². The number of benzene rings is 2. The summed E-state index contributed by atoms with van der Waals surface area (Å²) in [6, 6.07) is 7.99. The SMILES string of the molecule is Nc1cc(Br)cc(C(=O)OCc2ccc(F)c(F)c2)c1. The van der Waals surface area contributed by atoms with E-state index in [1.165, 1.54) is 12.1 Å². The molecule has 0 aliphatic rings. The first-order valence-corrected chi connectivity index (χ1v) is 6.42. The van der Waals surface area contributed by atoms with E-state index in [0.29, 0.717) is 15.7 Å². The van der Waals surface area contributed by atoms with E-state index in [-0.39, 0.29) is 12.2 Å². The Morgan fingerprint density at radius 1 is 1.15 bits per heavy atom. The van der Waals surface area contributed by atoms with E-state index < -0.39 is 17.6 Å².